The molecule has 20 heavy (non-hydrogen) atoms. The van der Waals surface area contributed by atoms with Gasteiger partial charge in [-0.3, -0.25) is 0 Å². The van der Waals surface area contributed by atoms with Gasteiger partial charge in [-0.05, 0) is 57.5 Å². The van der Waals surface area contributed by atoms with Crippen LogP contribution in [0.4, 0.5) is 0 Å². The minimum absolute atomic E-state index is 0.0514. The van der Waals surface area contributed by atoms with Gasteiger partial charge in [-0.15, -0.1) is 0 Å². The summed E-state index contributed by atoms with van der Waals surface area (Å²) in [4.78, 5) is 2.40. The summed E-state index contributed by atoms with van der Waals surface area (Å²) in [5, 5.41) is 11.2. The molecule has 1 aliphatic rings. The van der Waals surface area contributed by atoms with Gasteiger partial charge in [-0.25, -0.2) is 0 Å². The lowest BCUT2D eigenvalue weighted by Gasteiger charge is -2.37. The number of halogens is 1. The first kappa shape index (κ1) is 15.8. The normalized spacial score (nSPS) is 20.1. The molecule has 3 N–H and O–H groups in total. The highest BCUT2D eigenvalue weighted by Crippen LogP contribution is 2.31. The Morgan fingerprint density at radius 2 is 2.05 bits per heavy atom. The SMILES string of the molecule is CC(C)(O)C(CN1CCC(N)CC1)c1cccc(Cl)c1. The van der Waals surface area contributed by atoms with Crippen LogP contribution < -0.4 is 5.73 Å². The van der Waals surface area contributed by atoms with E-state index in [1.165, 1.54) is 0 Å². The van der Waals surface area contributed by atoms with Crippen molar-refractivity contribution in [3.05, 3.63) is 34.9 Å². The first-order valence-corrected chi connectivity index (χ1v) is 7.70. The van der Waals surface area contributed by atoms with Gasteiger partial charge in [0, 0.05) is 23.5 Å². The Bertz CT molecular complexity index is 436. The lowest BCUT2D eigenvalue weighted by Crippen LogP contribution is -2.44. The summed E-state index contributed by atoms with van der Waals surface area (Å²) in [5.74, 6) is 0.0514. The topological polar surface area (TPSA) is 49.5 Å². The molecule has 1 fully saturated rings. The number of rotatable bonds is 4. The fourth-order valence-corrected chi connectivity index (χ4v) is 3.05. The van der Waals surface area contributed by atoms with E-state index in [1.807, 2.05) is 38.1 Å². The van der Waals surface area contributed by atoms with Crippen LogP contribution in [0.1, 0.15) is 38.2 Å². The highest BCUT2D eigenvalue weighted by molar-refractivity contribution is 6.30. The van der Waals surface area contributed by atoms with Crippen LogP contribution in [0.3, 0.4) is 0 Å². The highest BCUT2D eigenvalue weighted by Gasteiger charge is 2.31. The van der Waals surface area contributed by atoms with Crippen LogP contribution in [0.15, 0.2) is 24.3 Å². The van der Waals surface area contributed by atoms with Crippen molar-refractivity contribution >= 4 is 11.6 Å². The van der Waals surface area contributed by atoms with Crippen LogP contribution in [0.25, 0.3) is 0 Å². The number of nitrogens with two attached hydrogens (primary N) is 1. The maximum absolute atomic E-state index is 10.5. The summed E-state index contributed by atoms with van der Waals surface area (Å²) < 4.78 is 0. The van der Waals surface area contributed by atoms with Crippen LogP contribution >= 0.6 is 11.6 Å². The predicted octanol–water partition coefficient (Wildman–Crippen LogP) is 2.62. The van der Waals surface area contributed by atoms with Crippen molar-refractivity contribution in [2.75, 3.05) is 19.6 Å². The zero-order valence-corrected chi connectivity index (χ0v) is 13.1. The molecule has 0 spiro atoms. The van der Waals surface area contributed by atoms with E-state index >= 15 is 0 Å². The Morgan fingerprint density at radius 1 is 1.40 bits per heavy atom. The van der Waals surface area contributed by atoms with Crippen molar-refractivity contribution in [2.24, 2.45) is 5.73 Å². The average molecular weight is 297 g/mol. The monoisotopic (exact) mass is 296 g/mol. The third kappa shape index (κ3) is 4.19. The number of hydrogen-bond acceptors (Lipinski definition) is 3. The lowest BCUT2D eigenvalue weighted by atomic mass is 9.84. The summed E-state index contributed by atoms with van der Waals surface area (Å²) in [6.07, 6.45) is 2.07. The van der Waals surface area contributed by atoms with Crippen LogP contribution in [0, 0.1) is 0 Å². The molecule has 0 bridgehead atoms. The highest BCUT2D eigenvalue weighted by atomic mass is 35.5. The fourth-order valence-electron chi connectivity index (χ4n) is 2.85. The van der Waals surface area contributed by atoms with Gasteiger partial charge in [0.1, 0.15) is 0 Å². The van der Waals surface area contributed by atoms with E-state index in [0.717, 1.165) is 43.1 Å². The molecule has 1 aliphatic heterocycles. The Labute approximate surface area is 126 Å². The van der Waals surface area contributed by atoms with Gasteiger partial charge < -0.3 is 15.7 Å². The zero-order valence-electron chi connectivity index (χ0n) is 12.3. The van der Waals surface area contributed by atoms with Crippen LogP contribution in [-0.2, 0) is 0 Å². The van der Waals surface area contributed by atoms with Gasteiger partial charge in [0.15, 0.2) is 0 Å². The molecule has 4 heteroatoms. The summed E-state index contributed by atoms with van der Waals surface area (Å²) in [5.41, 5.74) is 6.27. The van der Waals surface area contributed by atoms with Crippen molar-refractivity contribution in [3.63, 3.8) is 0 Å². The number of likely N-dealkylation sites (tertiary alicyclic amines) is 1. The molecular weight excluding hydrogens is 272 g/mol. The van der Waals surface area contributed by atoms with Gasteiger partial charge in [-0.2, -0.15) is 0 Å². The molecule has 1 atom stereocenters. The molecule has 0 saturated carbocycles. The van der Waals surface area contributed by atoms with E-state index in [1.54, 1.807) is 0 Å². The second kappa shape index (κ2) is 6.44. The summed E-state index contributed by atoms with van der Waals surface area (Å²) in [7, 11) is 0. The number of piperidine rings is 1. The van der Waals surface area contributed by atoms with Gasteiger partial charge in [0.2, 0.25) is 0 Å². The molecule has 3 nitrogen and oxygen atoms in total. The number of benzene rings is 1. The van der Waals surface area contributed by atoms with Gasteiger partial charge in [0.25, 0.3) is 0 Å². The molecule has 2 rings (SSSR count). The van der Waals surface area contributed by atoms with Crippen molar-refractivity contribution in [1.82, 2.24) is 4.90 Å². The Kier molecular flexibility index (Phi) is 5.08. The fraction of sp³-hybridized carbons (Fsp3) is 0.625. The maximum Gasteiger partial charge on any atom is 0.0672 e. The second-order valence-electron chi connectivity index (χ2n) is 6.40. The minimum Gasteiger partial charge on any atom is -0.390 e. The van der Waals surface area contributed by atoms with Gasteiger partial charge >= 0.3 is 0 Å². The third-order valence-corrected chi connectivity index (χ3v) is 4.41. The molecule has 0 amide bonds. The maximum atomic E-state index is 10.5. The third-order valence-electron chi connectivity index (χ3n) is 4.18. The van der Waals surface area contributed by atoms with E-state index < -0.39 is 5.60 Å². The average Bonchev–Trinajstić information content (AvgIpc) is 2.36. The largest absolute Gasteiger partial charge is 0.390 e. The van der Waals surface area contributed by atoms with E-state index in [9.17, 15) is 5.11 Å². The molecule has 1 saturated heterocycles. The standard InChI is InChI=1S/C16H25ClN2O/c1-16(2,20)15(12-4-3-5-13(17)10-12)11-19-8-6-14(18)7-9-19/h3-5,10,14-15,20H,6-9,11,18H2,1-2H3. The van der Waals surface area contributed by atoms with Crippen molar-refractivity contribution in [1.29, 1.82) is 0 Å². The molecule has 0 aromatic heterocycles. The summed E-state index contributed by atoms with van der Waals surface area (Å²) >= 11 is 6.09. The molecule has 112 valence electrons. The molecule has 1 unspecified atom stereocenters. The summed E-state index contributed by atoms with van der Waals surface area (Å²) in [6, 6.07) is 8.15. The molecular formula is C16H25ClN2O. The Balaban J connectivity index is 2.13. The van der Waals surface area contributed by atoms with Crippen LogP contribution in [0.2, 0.25) is 5.02 Å². The smallest absolute Gasteiger partial charge is 0.0672 e. The first-order chi connectivity index (χ1) is 9.36. The first-order valence-electron chi connectivity index (χ1n) is 7.32. The predicted molar refractivity (Wildman–Crippen MR) is 84.1 cm³/mol. The van der Waals surface area contributed by atoms with E-state index in [-0.39, 0.29) is 5.92 Å². The van der Waals surface area contributed by atoms with Crippen molar-refractivity contribution in [3.8, 4) is 0 Å². The second-order valence-corrected chi connectivity index (χ2v) is 6.84. The van der Waals surface area contributed by atoms with E-state index in [0.29, 0.717) is 6.04 Å². The summed E-state index contributed by atoms with van der Waals surface area (Å²) in [6.45, 7) is 6.60. The molecule has 1 aromatic rings. The lowest BCUT2D eigenvalue weighted by molar-refractivity contribution is 0.0312. The van der Waals surface area contributed by atoms with Gasteiger partial charge in [-0.1, -0.05) is 23.7 Å². The number of aliphatic hydroxyl groups is 1. The quantitative estimate of drug-likeness (QED) is 0.898. The van der Waals surface area contributed by atoms with E-state index in [2.05, 4.69) is 4.90 Å². The van der Waals surface area contributed by atoms with Crippen LogP contribution in [0.5, 0.6) is 0 Å². The number of nitrogens with zero attached hydrogens (tertiary/aromatic N) is 1. The Morgan fingerprint density at radius 3 is 2.60 bits per heavy atom. The molecule has 1 aromatic carbocycles. The van der Waals surface area contributed by atoms with Crippen LogP contribution in [-0.4, -0.2) is 41.3 Å². The molecule has 1 heterocycles. The zero-order chi connectivity index (χ0) is 14.8. The van der Waals surface area contributed by atoms with E-state index in [4.69, 9.17) is 17.3 Å². The van der Waals surface area contributed by atoms with Crippen molar-refractivity contribution in [2.45, 2.75) is 44.2 Å². The number of hydrogen-bond donors (Lipinski definition) is 2. The molecule has 0 aliphatic carbocycles. The Hall–Kier alpha value is -0.610. The minimum atomic E-state index is -0.774. The molecule has 0 radical (unpaired) electrons. The van der Waals surface area contributed by atoms with Crippen molar-refractivity contribution < 1.29 is 5.11 Å². The van der Waals surface area contributed by atoms with Gasteiger partial charge in [0.05, 0.1) is 5.60 Å².